The summed E-state index contributed by atoms with van der Waals surface area (Å²) in [6.45, 7) is 7.63. The van der Waals surface area contributed by atoms with Crippen LogP contribution in [0.2, 0.25) is 0 Å². The van der Waals surface area contributed by atoms with Crippen LogP contribution in [0.4, 0.5) is 13.2 Å². The number of carbonyl (C=O) groups is 3. The van der Waals surface area contributed by atoms with Crippen molar-refractivity contribution in [3.8, 4) is 0 Å². The highest BCUT2D eigenvalue weighted by molar-refractivity contribution is 8.16. The molecule has 0 spiro atoms. The highest BCUT2D eigenvalue weighted by Gasteiger charge is 2.49. The molecule has 8 nitrogen and oxygen atoms in total. The summed E-state index contributed by atoms with van der Waals surface area (Å²) in [5, 5.41) is 1.63. The minimum Gasteiger partial charge on any atom is -0.466 e. The number of nitrogens with zero attached hydrogens (tertiary/aromatic N) is 3. The highest BCUT2D eigenvalue weighted by Crippen LogP contribution is 2.49. The van der Waals surface area contributed by atoms with Crippen LogP contribution >= 0.6 is 11.8 Å². The normalized spacial score (nSPS) is 21.1. The molecule has 0 N–H and O–H groups in total. The van der Waals surface area contributed by atoms with E-state index in [2.05, 4.69) is 4.99 Å². The Kier molecular flexibility index (Phi) is 8.96. The Hall–Kier alpha value is -3.28. The average Bonchev–Trinajstić information content (AvgIpc) is 3.31. The van der Waals surface area contributed by atoms with Gasteiger partial charge in [0.1, 0.15) is 0 Å². The van der Waals surface area contributed by atoms with E-state index in [0.29, 0.717) is 36.2 Å². The molecule has 2 atom stereocenters. The molecule has 216 valence electrons. The van der Waals surface area contributed by atoms with Crippen molar-refractivity contribution in [2.75, 3.05) is 26.3 Å². The third kappa shape index (κ3) is 6.06. The largest absolute Gasteiger partial charge is 0.466 e. The number of hydrogen-bond donors (Lipinski definition) is 0. The number of esters is 2. The molecule has 0 bridgehead atoms. The number of alkyl halides is 3. The minimum absolute atomic E-state index is 0.0251. The van der Waals surface area contributed by atoms with Gasteiger partial charge in [-0.25, -0.2) is 9.79 Å². The fourth-order valence-electron chi connectivity index (χ4n) is 5.16. The summed E-state index contributed by atoms with van der Waals surface area (Å²) in [6.07, 6.45) is -3.80. The van der Waals surface area contributed by atoms with Crippen LogP contribution in [0.25, 0.3) is 0 Å². The third-order valence-electron chi connectivity index (χ3n) is 7.03. The number of carbonyl (C=O) groups excluding carboxylic acids is 3. The summed E-state index contributed by atoms with van der Waals surface area (Å²) in [7, 11) is 0. The maximum atomic E-state index is 14.3. The molecule has 3 aliphatic heterocycles. The van der Waals surface area contributed by atoms with Crippen LogP contribution in [0.5, 0.6) is 0 Å². The van der Waals surface area contributed by atoms with Crippen LogP contribution in [-0.2, 0) is 23.9 Å². The molecule has 3 heterocycles. The van der Waals surface area contributed by atoms with Crippen LogP contribution in [0.1, 0.15) is 55.8 Å². The van der Waals surface area contributed by atoms with Crippen LogP contribution in [0.3, 0.4) is 0 Å². The van der Waals surface area contributed by atoms with Gasteiger partial charge >= 0.3 is 18.1 Å². The van der Waals surface area contributed by atoms with E-state index in [1.54, 1.807) is 41.2 Å². The monoisotopic (exact) mass is 579 g/mol. The Balaban J connectivity index is 1.72. The third-order valence-corrected chi connectivity index (χ3v) is 7.92. The number of piperidine rings is 1. The molecule has 1 fully saturated rings. The zero-order chi connectivity index (χ0) is 29.2. The zero-order valence-corrected chi connectivity index (χ0v) is 23.7. The maximum absolute atomic E-state index is 14.3. The van der Waals surface area contributed by atoms with E-state index in [0.717, 1.165) is 17.3 Å². The van der Waals surface area contributed by atoms with Crippen LogP contribution < -0.4 is 0 Å². The van der Waals surface area contributed by atoms with E-state index in [1.165, 1.54) is 6.92 Å². The van der Waals surface area contributed by atoms with Gasteiger partial charge in [0.2, 0.25) is 5.91 Å². The number of rotatable bonds is 7. The van der Waals surface area contributed by atoms with Crippen LogP contribution in [0.15, 0.2) is 45.6 Å². The van der Waals surface area contributed by atoms with Crippen molar-refractivity contribution in [3.05, 3.63) is 57.3 Å². The Morgan fingerprint density at radius 2 is 1.85 bits per heavy atom. The topological polar surface area (TPSA) is 88.5 Å². The van der Waals surface area contributed by atoms with Gasteiger partial charge in [-0.1, -0.05) is 35.5 Å². The number of benzene rings is 1. The Labute approximate surface area is 235 Å². The van der Waals surface area contributed by atoms with Crippen LogP contribution in [-0.4, -0.2) is 65.3 Å². The van der Waals surface area contributed by atoms with Gasteiger partial charge in [-0.2, -0.15) is 13.2 Å². The molecule has 12 heteroatoms. The van der Waals surface area contributed by atoms with E-state index in [4.69, 9.17) is 9.47 Å². The lowest BCUT2D eigenvalue weighted by Crippen LogP contribution is -2.44. The molecule has 1 aromatic carbocycles. The number of amidine groups is 1. The van der Waals surface area contributed by atoms with Gasteiger partial charge in [-0.15, -0.1) is 0 Å². The molecule has 1 amide bonds. The summed E-state index contributed by atoms with van der Waals surface area (Å²) in [5.74, 6) is -2.16. The molecule has 1 aromatic rings. The van der Waals surface area contributed by atoms with Crippen molar-refractivity contribution < 1.29 is 37.0 Å². The first kappa shape index (κ1) is 29.7. The molecule has 2 unspecified atom stereocenters. The predicted molar refractivity (Wildman–Crippen MR) is 144 cm³/mol. The second-order valence-electron chi connectivity index (χ2n) is 9.84. The van der Waals surface area contributed by atoms with E-state index in [1.807, 2.05) is 13.0 Å². The Morgan fingerprint density at radius 1 is 1.12 bits per heavy atom. The minimum atomic E-state index is -4.91. The van der Waals surface area contributed by atoms with Gasteiger partial charge in [0.05, 0.1) is 37.2 Å². The molecular formula is C28H32F3N3O5S. The second-order valence-corrected chi connectivity index (χ2v) is 10.7. The molecule has 4 rings (SSSR count). The molecule has 40 heavy (non-hydrogen) atoms. The van der Waals surface area contributed by atoms with Gasteiger partial charge < -0.3 is 19.3 Å². The summed E-state index contributed by atoms with van der Waals surface area (Å²) < 4.78 is 53.2. The number of hydrogen-bond acceptors (Lipinski definition) is 8. The molecule has 0 aromatic heterocycles. The lowest BCUT2D eigenvalue weighted by atomic mass is 9.89. The van der Waals surface area contributed by atoms with Gasteiger partial charge in [-0.05, 0) is 57.1 Å². The number of halogens is 3. The van der Waals surface area contributed by atoms with E-state index in [-0.39, 0.29) is 43.2 Å². The van der Waals surface area contributed by atoms with Crippen molar-refractivity contribution in [2.24, 2.45) is 10.9 Å². The van der Waals surface area contributed by atoms with Crippen molar-refractivity contribution in [1.29, 1.82) is 0 Å². The highest BCUT2D eigenvalue weighted by atomic mass is 32.2. The fourth-order valence-corrected chi connectivity index (χ4v) is 6.08. The summed E-state index contributed by atoms with van der Waals surface area (Å²) in [4.78, 5) is 45.9. The van der Waals surface area contributed by atoms with Crippen molar-refractivity contribution >= 4 is 34.8 Å². The summed E-state index contributed by atoms with van der Waals surface area (Å²) >= 11 is 0.973. The standard InChI is InChI=1S/C28H32F3N3O5S/c1-5-38-25(36)18-8-7-11-33(14-18)21(35)13-19-15-40-27-32-24(28(29,30)31)22(26(37)39-6-2)23(34(19)27)20-12-16(3)9-10-17(20)4/h9-10,12,15,18,23H,5-8,11,13-14H2,1-4H3. The van der Waals surface area contributed by atoms with E-state index >= 15 is 0 Å². The van der Waals surface area contributed by atoms with Crippen molar-refractivity contribution in [3.63, 3.8) is 0 Å². The lowest BCUT2D eigenvalue weighted by molar-refractivity contribution is -0.151. The smallest absolute Gasteiger partial charge is 0.434 e. The SMILES string of the molecule is CCOC(=O)C1=C(C(F)(F)F)N=C2SC=C(CC(=O)N3CCCC(C(=O)OCC)C3)N2C1c1cc(C)ccc1C. The quantitative estimate of drug-likeness (QED) is 0.412. The molecule has 0 saturated carbocycles. The second kappa shape index (κ2) is 12.1. The fraction of sp³-hybridized carbons (Fsp3) is 0.500. The predicted octanol–water partition coefficient (Wildman–Crippen LogP) is 5.18. The molecular weight excluding hydrogens is 547 g/mol. The number of aliphatic imine (C=N–C) groups is 1. The Morgan fingerprint density at radius 3 is 2.52 bits per heavy atom. The van der Waals surface area contributed by atoms with Gasteiger partial charge in [0.15, 0.2) is 10.9 Å². The molecule has 0 radical (unpaired) electrons. The number of likely N-dealkylation sites (tertiary alicyclic amines) is 1. The molecule has 1 saturated heterocycles. The van der Waals surface area contributed by atoms with Crippen molar-refractivity contribution in [1.82, 2.24) is 9.80 Å². The summed E-state index contributed by atoms with van der Waals surface area (Å²) in [6, 6.07) is 4.16. The maximum Gasteiger partial charge on any atom is 0.434 e. The first-order valence-electron chi connectivity index (χ1n) is 13.2. The van der Waals surface area contributed by atoms with Gasteiger partial charge in [-0.3, -0.25) is 9.59 Å². The first-order valence-corrected chi connectivity index (χ1v) is 14.1. The first-order chi connectivity index (χ1) is 19.0. The summed E-state index contributed by atoms with van der Waals surface area (Å²) in [5.41, 5.74) is 0.460. The van der Waals surface area contributed by atoms with E-state index < -0.39 is 35.4 Å². The van der Waals surface area contributed by atoms with Crippen molar-refractivity contribution in [2.45, 2.75) is 59.2 Å². The molecule has 3 aliphatic rings. The number of ether oxygens (including phenoxy) is 2. The Bertz CT molecular complexity index is 1290. The number of amides is 1. The number of fused-ring (bicyclic) bond motifs is 1. The number of thioether (sulfide) groups is 1. The number of allylic oxidation sites excluding steroid dienone is 1. The zero-order valence-electron chi connectivity index (χ0n) is 22.8. The van der Waals surface area contributed by atoms with Crippen LogP contribution in [0, 0.1) is 19.8 Å². The average molecular weight is 580 g/mol. The van der Waals surface area contributed by atoms with Gasteiger partial charge in [0.25, 0.3) is 0 Å². The van der Waals surface area contributed by atoms with Gasteiger partial charge in [0, 0.05) is 18.8 Å². The lowest BCUT2D eigenvalue weighted by Gasteiger charge is -2.38. The molecule has 0 aliphatic carbocycles. The number of aryl methyl sites for hydroxylation is 2. The van der Waals surface area contributed by atoms with E-state index in [9.17, 15) is 27.6 Å².